The number of halogens is 2. The van der Waals surface area contributed by atoms with Gasteiger partial charge in [0, 0.05) is 16.5 Å². The van der Waals surface area contributed by atoms with Crippen LogP contribution in [-0.2, 0) is 17.8 Å². The van der Waals surface area contributed by atoms with Crippen molar-refractivity contribution in [3.63, 3.8) is 0 Å². The fourth-order valence-electron chi connectivity index (χ4n) is 2.33. The van der Waals surface area contributed by atoms with Crippen LogP contribution in [0.3, 0.4) is 0 Å². The van der Waals surface area contributed by atoms with Crippen LogP contribution in [0.25, 0.3) is 0 Å². The number of hydrogen-bond acceptors (Lipinski definition) is 4. The number of ether oxygens (including phenoxy) is 1. The largest absolute Gasteiger partial charge is 0.394 e. The summed E-state index contributed by atoms with van der Waals surface area (Å²) in [6.45, 7) is -0.389. The Bertz CT molecular complexity index is 650. The monoisotopic (exact) mass is 370 g/mol. The molecule has 1 unspecified atom stereocenters. The molecule has 130 valence electrons. The Morgan fingerprint density at radius 2 is 1.42 bits per heavy atom. The van der Waals surface area contributed by atoms with Gasteiger partial charge < -0.3 is 20.1 Å². The fourth-order valence-corrected chi connectivity index (χ4v) is 2.73. The number of benzene rings is 2. The first-order chi connectivity index (χ1) is 11.5. The Kier molecular flexibility index (Phi) is 7.49. The summed E-state index contributed by atoms with van der Waals surface area (Å²) in [7, 11) is 0. The third-order valence-electron chi connectivity index (χ3n) is 3.75. The van der Waals surface area contributed by atoms with Gasteiger partial charge in [-0.1, -0.05) is 59.6 Å². The Morgan fingerprint density at radius 3 is 1.96 bits per heavy atom. The highest BCUT2D eigenvalue weighted by Crippen LogP contribution is 2.22. The third-order valence-corrected chi connectivity index (χ3v) is 4.49. The molecule has 0 heterocycles. The summed E-state index contributed by atoms with van der Waals surface area (Å²) in [5, 5.41) is 30.2. The summed E-state index contributed by atoms with van der Waals surface area (Å²) in [6.07, 6.45) is -3.01. The minimum atomic E-state index is -1.30. The van der Waals surface area contributed by atoms with E-state index in [2.05, 4.69) is 0 Å². The zero-order valence-electron chi connectivity index (χ0n) is 13.0. The topological polar surface area (TPSA) is 69.9 Å². The molecule has 4 nitrogen and oxygen atoms in total. The van der Waals surface area contributed by atoms with Crippen molar-refractivity contribution in [3.05, 3.63) is 69.7 Å². The first-order valence-corrected chi connectivity index (χ1v) is 8.34. The molecule has 3 N–H and O–H groups in total. The lowest BCUT2D eigenvalue weighted by molar-refractivity contribution is -0.106. The van der Waals surface area contributed by atoms with Gasteiger partial charge >= 0.3 is 0 Å². The Hall–Kier alpha value is -1.14. The molecular formula is C18H20Cl2O4. The molecule has 0 aromatic heterocycles. The van der Waals surface area contributed by atoms with E-state index in [1.165, 1.54) is 0 Å². The Morgan fingerprint density at radius 1 is 0.875 bits per heavy atom. The molecule has 0 spiro atoms. The van der Waals surface area contributed by atoms with Gasteiger partial charge in [-0.2, -0.15) is 0 Å². The summed E-state index contributed by atoms with van der Waals surface area (Å²) < 4.78 is 5.79. The van der Waals surface area contributed by atoms with E-state index < -0.39 is 24.9 Å². The normalized spacial score (nSPS) is 15.0. The molecule has 0 radical (unpaired) electrons. The zero-order chi connectivity index (χ0) is 17.5. The van der Waals surface area contributed by atoms with Crippen LogP contribution in [0.15, 0.2) is 48.5 Å². The molecule has 2 aromatic carbocycles. The van der Waals surface area contributed by atoms with Crippen LogP contribution in [0.5, 0.6) is 0 Å². The van der Waals surface area contributed by atoms with Crippen LogP contribution in [0, 0.1) is 0 Å². The van der Waals surface area contributed by atoms with Crippen molar-refractivity contribution in [2.24, 2.45) is 0 Å². The van der Waals surface area contributed by atoms with Gasteiger partial charge in [0.1, 0.15) is 12.2 Å². The van der Waals surface area contributed by atoms with Crippen molar-refractivity contribution in [2.45, 2.75) is 31.3 Å². The second-order valence-corrected chi connectivity index (χ2v) is 6.29. The number of aliphatic hydroxyl groups is 3. The minimum Gasteiger partial charge on any atom is -0.394 e. The average molecular weight is 371 g/mol. The van der Waals surface area contributed by atoms with Gasteiger partial charge in [0.25, 0.3) is 0 Å². The second-order valence-electron chi connectivity index (χ2n) is 5.48. The highest BCUT2D eigenvalue weighted by molar-refractivity contribution is 6.31. The van der Waals surface area contributed by atoms with E-state index in [0.29, 0.717) is 16.5 Å². The fraction of sp³-hybridized carbons (Fsp3) is 0.333. The highest BCUT2D eigenvalue weighted by atomic mass is 35.5. The van der Waals surface area contributed by atoms with E-state index in [-0.39, 0.29) is 6.61 Å². The van der Waals surface area contributed by atoms with Gasteiger partial charge in [-0.15, -0.1) is 0 Å². The molecule has 0 amide bonds. The summed E-state index contributed by atoms with van der Waals surface area (Å²) in [4.78, 5) is 0. The molecule has 3 atom stereocenters. The van der Waals surface area contributed by atoms with Gasteiger partial charge in [-0.05, 0) is 23.3 Å². The number of aliphatic hydroxyl groups excluding tert-OH is 3. The molecule has 2 rings (SSSR count). The maximum Gasteiger partial charge on any atom is 0.109 e. The van der Waals surface area contributed by atoms with Gasteiger partial charge in [0.15, 0.2) is 0 Å². The predicted molar refractivity (Wildman–Crippen MR) is 94.3 cm³/mol. The number of hydrogen-bond donors (Lipinski definition) is 3. The third kappa shape index (κ3) is 5.18. The SMILES string of the molecule is OC[C@H](O)[C@@H](O)C(Cc1ccccc1Cl)OCc1ccccc1Cl. The maximum atomic E-state index is 10.3. The van der Waals surface area contributed by atoms with Crippen LogP contribution in [0.1, 0.15) is 11.1 Å². The first-order valence-electron chi connectivity index (χ1n) is 7.58. The summed E-state index contributed by atoms with van der Waals surface area (Å²) in [5.41, 5.74) is 1.56. The van der Waals surface area contributed by atoms with E-state index in [1.807, 2.05) is 36.4 Å². The summed E-state index contributed by atoms with van der Waals surface area (Å²) in [5.74, 6) is 0. The maximum absolute atomic E-state index is 10.3. The second kappa shape index (κ2) is 9.37. The van der Waals surface area contributed by atoms with Crippen LogP contribution in [0.4, 0.5) is 0 Å². The lowest BCUT2D eigenvalue weighted by atomic mass is 10.00. The van der Waals surface area contributed by atoms with Crippen molar-refractivity contribution in [2.75, 3.05) is 6.61 Å². The van der Waals surface area contributed by atoms with E-state index >= 15 is 0 Å². The Labute approximate surface area is 151 Å². The summed E-state index contributed by atoms with van der Waals surface area (Å²) in [6, 6.07) is 14.4. The van der Waals surface area contributed by atoms with Crippen molar-refractivity contribution >= 4 is 23.2 Å². The van der Waals surface area contributed by atoms with Crippen LogP contribution in [0.2, 0.25) is 10.0 Å². The van der Waals surface area contributed by atoms with E-state index in [1.54, 1.807) is 12.1 Å². The smallest absolute Gasteiger partial charge is 0.109 e. The zero-order valence-corrected chi connectivity index (χ0v) is 14.5. The molecule has 2 aromatic rings. The summed E-state index contributed by atoms with van der Waals surface area (Å²) >= 11 is 12.3. The molecule has 0 aliphatic heterocycles. The van der Waals surface area contributed by atoms with Crippen LogP contribution >= 0.6 is 23.2 Å². The minimum absolute atomic E-state index is 0.171. The first kappa shape index (κ1) is 19.2. The quantitative estimate of drug-likeness (QED) is 0.668. The predicted octanol–water partition coefficient (Wildman–Crippen LogP) is 2.84. The molecule has 0 saturated carbocycles. The average Bonchev–Trinajstić information content (AvgIpc) is 2.60. The van der Waals surface area contributed by atoms with Crippen molar-refractivity contribution in [1.29, 1.82) is 0 Å². The molecule has 0 saturated heterocycles. The molecule has 0 fully saturated rings. The van der Waals surface area contributed by atoms with Crippen molar-refractivity contribution in [3.8, 4) is 0 Å². The van der Waals surface area contributed by atoms with Gasteiger partial charge in [0.2, 0.25) is 0 Å². The van der Waals surface area contributed by atoms with Crippen molar-refractivity contribution < 1.29 is 20.1 Å². The van der Waals surface area contributed by atoms with E-state index in [9.17, 15) is 10.2 Å². The van der Waals surface area contributed by atoms with Crippen LogP contribution < -0.4 is 0 Å². The molecular weight excluding hydrogens is 351 g/mol. The van der Waals surface area contributed by atoms with Gasteiger partial charge in [-0.25, -0.2) is 0 Å². The van der Waals surface area contributed by atoms with Gasteiger partial charge in [0.05, 0.1) is 19.3 Å². The molecule has 0 aliphatic rings. The standard InChI is InChI=1S/C18H20Cl2O4/c19-14-7-3-1-5-12(14)9-17(18(23)16(22)10-21)24-11-13-6-2-4-8-15(13)20/h1-8,16-18,21-23H,9-11H2/t16-,17?,18+/m0/s1. The van der Waals surface area contributed by atoms with Crippen molar-refractivity contribution in [1.82, 2.24) is 0 Å². The lowest BCUT2D eigenvalue weighted by Gasteiger charge is -2.27. The van der Waals surface area contributed by atoms with E-state index in [4.69, 9.17) is 33.0 Å². The van der Waals surface area contributed by atoms with Gasteiger partial charge in [-0.3, -0.25) is 0 Å². The molecule has 6 heteroatoms. The highest BCUT2D eigenvalue weighted by Gasteiger charge is 2.27. The van der Waals surface area contributed by atoms with Crippen LogP contribution in [-0.4, -0.2) is 40.2 Å². The molecule has 0 aliphatic carbocycles. The number of rotatable bonds is 8. The Balaban J connectivity index is 2.13. The lowest BCUT2D eigenvalue weighted by Crippen LogP contribution is -2.42. The molecule has 24 heavy (non-hydrogen) atoms. The molecule has 0 bridgehead atoms. The van der Waals surface area contributed by atoms with E-state index in [0.717, 1.165) is 11.1 Å².